The number of rotatable bonds is 10. The molecule has 2 aromatic rings. The number of anilines is 1. The van der Waals surface area contributed by atoms with Gasteiger partial charge in [-0.15, -0.1) is 11.3 Å². The maximum Gasteiger partial charge on any atom is 0.226 e. The molecule has 2 aliphatic heterocycles. The highest BCUT2D eigenvalue weighted by Gasteiger charge is 2.27. The quantitative estimate of drug-likeness (QED) is 0.484. The minimum absolute atomic E-state index is 0.164. The SMILES string of the molecule is O=C(CCCC(=O)N[C@H](CN1CCCC1)[C@H](O)c1ccc2c(c1)OCCO2)Nc1nccs1. The lowest BCUT2D eigenvalue weighted by molar-refractivity contribution is -0.123. The number of amides is 2. The number of aromatic nitrogens is 1. The average Bonchev–Trinajstić information content (AvgIpc) is 3.52. The van der Waals surface area contributed by atoms with Gasteiger partial charge in [-0.3, -0.25) is 9.59 Å². The first kappa shape index (κ1) is 23.5. The van der Waals surface area contributed by atoms with Gasteiger partial charge in [-0.1, -0.05) is 6.07 Å². The van der Waals surface area contributed by atoms with Crippen molar-refractivity contribution in [3.8, 4) is 11.5 Å². The zero-order valence-electron chi connectivity index (χ0n) is 18.5. The normalized spacial score (nSPS) is 17.4. The summed E-state index contributed by atoms with van der Waals surface area (Å²) in [5.74, 6) is 0.921. The first-order valence-electron chi connectivity index (χ1n) is 11.4. The summed E-state index contributed by atoms with van der Waals surface area (Å²) in [6, 6.07) is 4.92. The Morgan fingerprint density at radius 2 is 1.88 bits per heavy atom. The standard InChI is InChI=1S/C23H30N4O5S/c28-20(4-3-5-21(29)26-23-24-8-13-33-23)25-17(15-27-9-1-2-10-27)22(30)16-6-7-18-19(14-16)32-12-11-31-18/h6-8,13-14,17,22,30H,1-5,9-12,15H2,(H,25,28)(H,24,26,29)/t17-,22-/m1/s1. The molecule has 1 fully saturated rings. The number of aliphatic hydroxyl groups excluding tert-OH is 1. The van der Waals surface area contributed by atoms with Crippen molar-refractivity contribution in [1.29, 1.82) is 0 Å². The fourth-order valence-electron chi connectivity index (χ4n) is 4.10. The van der Waals surface area contributed by atoms with Gasteiger partial charge in [0, 0.05) is 31.0 Å². The van der Waals surface area contributed by atoms with Crippen LogP contribution >= 0.6 is 11.3 Å². The van der Waals surface area contributed by atoms with Crippen LogP contribution in [0.2, 0.25) is 0 Å². The predicted octanol–water partition coefficient (Wildman–Crippen LogP) is 2.34. The molecule has 1 saturated heterocycles. The Labute approximate surface area is 197 Å². The van der Waals surface area contributed by atoms with Crippen LogP contribution in [0.25, 0.3) is 0 Å². The Morgan fingerprint density at radius 3 is 2.64 bits per heavy atom. The number of carbonyl (C=O) groups excluding carboxylic acids is 2. The summed E-state index contributed by atoms with van der Waals surface area (Å²) in [6.07, 6.45) is 3.83. The van der Waals surface area contributed by atoms with Crippen molar-refractivity contribution >= 4 is 28.3 Å². The van der Waals surface area contributed by atoms with Gasteiger partial charge in [-0.25, -0.2) is 4.98 Å². The highest BCUT2D eigenvalue weighted by molar-refractivity contribution is 7.13. The summed E-state index contributed by atoms with van der Waals surface area (Å²) >= 11 is 1.35. The van der Waals surface area contributed by atoms with Crippen LogP contribution in [0.3, 0.4) is 0 Å². The van der Waals surface area contributed by atoms with Gasteiger partial charge in [-0.2, -0.15) is 0 Å². The van der Waals surface area contributed by atoms with Crippen LogP contribution in [-0.2, 0) is 9.59 Å². The Bertz CT molecular complexity index is 933. The molecular weight excluding hydrogens is 444 g/mol. The van der Waals surface area contributed by atoms with Crippen molar-refractivity contribution in [2.24, 2.45) is 0 Å². The number of hydrogen-bond acceptors (Lipinski definition) is 8. The van der Waals surface area contributed by atoms with Crippen molar-refractivity contribution in [3.63, 3.8) is 0 Å². The smallest absolute Gasteiger partial charge is 0.226 e. The van der Waals surface area contributed by atoms with Crippen molar-refractivity contribution in [2.75, 3.05) is 38.2 Å². The van der Waals surface area contributed by atoms with E-state index in [9.17, 15) is 14.7 Å². The molecule has 0 unspecified atom stereocenters. The van der Waals surface area contributed by atoms with Gasteiger partial charge < -0.3 is 30.1 Å². The molecule has 3 N–H and O–H groups in total. The number of thiazole rings is 1. The van der Waals surface area contributed by atoms with Gasteiger partial charge in [-0.05, 0) is 50.0 Å². The maximum atomic E-state index is 12.7. The molecule has 2 amide bonds. The Morgan fingerprint density at radius 1 is 1.12 bits per heavy atom. The highest BCUT2D eigenvalue weighted by atomic mass is 32.1. The topological polar surface area (TPSA) is 113 Å². The minimum atomic E-state index is -0.890. The first-order valence-corrected chi connectivity index (χ1v) is 12.2. The van der Waals surface area contributed by atoms with Crippen LogP contribution in [0.4, 0.5) is 5.13 Å². The van der Waals surface area contributed by atoms with Gasteiger partial charge in [0.2, 0.25) is 11.8 Å². The number of hydrogen-bond donors (Lipinski definition) is 3. The number of benzene rings is 1. The zero-order valence-corrected chi connectivity index (χ0v) is 19.3. The van der Waals surface area contributed by atoms with E-state index in [1.54, 1.807) is 23.7 Å². The second-order valence-corrected chi connectivity index (χ2v) is 9.16. The molecule has 1 aromatic heterocycles. The van der Waals surface area contributed by atoms with Crippen molar-refractivity contribution in [3.05, 3.63) is 35.3 Å². The van der Waals surface area contributed by atoms with Gasteiger partial charge in [0.1, 0.15) is 19.3 Å². The van der Waals surface area contributed by atoms with Crippen molar-refractivity contribution in [2.45, 2.75) is 44.2 Å². The number of likely N-dealkylation sites (tertiary alicyclic amines) is 1. The van der Waals surface area contributed by atoms with Crippen LogP contribution in [0.15, 0.2) is 29.8 Å². The first-order chi connectivity index (χ1) is 16.1. The van der Waals surface area contributed by atoms with E-state index in [0.717, 1.165) is 25.9 Å². The number of carbonyl (C=O) groups is 2. The van der Waals surface area contributed by atoms with Crippen molar-refractivity contribution in [1.82, 2.24) is 15.2 Å². The molecule has 0 aliphatic carbocycles. The molecule has 4 rings (SSSR count). The van der Waals surface area contributed by atoms with Gasteiger partial charge in [0.05, 0.1) is 6.04 Å². The van der Waals surface area contributed by atoms with Crippen LogP contribution in [-0.4, -0.2) is 65.7 Å². The van der Waals surface area contributed by atoms with E-state index in [1.807, 2.05) is 6.07 Å². The maximum absolute atomic E-state index is 12.7. The number of nitrogens with zero attached hydrogens (tertiary/aromatic N) is 2. The lowest BCUT2D eigenvalue weighted by Crippen LogP contribution is -2.46. The highest BCUT2D eigenvalue weighted by Crippen LogP contribution is 2.33. The second-order valence-electron chi connectivity index (χ2n) is 8.27. The summed E-state index contributed by atoms with van der Waals surface area (Å²) in [6.45, 7) is 3.45. The molecule has 0 spiro atoms. The van der Waals surface area contributed by atoms with Gasteiger partial charge in [0.15, 0.2) is 16.6 Å². The molecule has 0 saturated carbocycles. The molecule has 9 nitrogen and oxygen atoms in total. The second kappa shape index (κ2) is 11.4. The van der Waals surface area contributed by atoms with E-state index in [1.165, 1.54) is 11.3 Å². The molecular formula is C23H30N4O5S. The van der Waals surface area contributed by atoms with Gasteiger partial charge >= 0.3 is 0 Å². The lowest BCUT2D eigenvalue weighted by atomic mass is 10.0. The average molecular weight is 475 g/mol. The summed E-state index contributed by atoms with van der Waals surface area (Å²) in [5.41, 5.74) is 0.673. The third kappa shape index (κ3) is 6.66. The summed E-state index contributed by atoms with van der Waals surface area (Å²) in [7, 11) is 0. The van der Waals surface area contributed by atoms with E-state index in [4.69, 9.17) is 9.47 Å². The Hall–Kier alpha value is -2.69. The molecule has 0 bridgehead atoms. The number of aliphatic hydroxyl groups is 1. The Kier molecular flexibility index (Phi) is 8.14. The van der Waals surface area contributed by atoms with Crippen molar-refractivity contribution < 1.29 is 24.2 Å². The van der Waals surface area contributed by atoms with Crippen LogP contribution in [0.5, 0.6) is 11.5 Å². The fourth-order valence-corrected chi connectivity index (χ4v) is 4.64. The molecule has 2 atom stereocenters. The summed E-state index contributed by atoms with van der Waals surface area (Å²) in [4.78, 5) is 31.0. The monoisotopic (exact) mass is 474 g/mol. The largest absolute Gasteiger partial charge is 0.486 e. The molecule has 33 heavy (non-hydrogen) atoms. The minimum Gasteiger partial charge on any atom is -0.486 e. The van der Waals surface area contributed by atoms with E-state index in [2.05, 4.69) is 20.5 Å². The van der Waals surface area contributed by atoms with Gasteiger partial charge in [0.25, 0.3) is 0 Å². The molecule has 178 valence electrons. The molecule has 2 aliphatic rings. The lowest BCUT2D eigenvalue weighted by Gasteiger charge is -2.29. The van der Waals surface area contributed by atoms with Crippen LogP contribution < -0.4 is 20.1 Å². The summed E-state index contributed by atoms with van der Waals surface area (Å²) in [5, 5.41) is 19.2. The molecule has 10 heteroatoms. The Balaban J connectivity index is 1.33. The van der Waals surface area contributed by atoms with E-state index in [0.29, 0.717) is 48.4 Å². The van der Waals surface area contributed by atoms with E-state index < -0.39 is 12.1 Å². The number of nitrogens with one attached hydrogen (secondary N) is 2. The molecule has 3 heterocycles. The third-order valence-electron chi connectivity index (χ3n) is 5.78. The molecule has 1 aromatic carbocycles. The van der Waals surface area contributed by atoms with Crippen LogP contribution in [0, 0.1) is 0 Å². The molecule has 0 radical (unpaired) electrons. The number of fused-ring (bicyclic) bond motifs is 1. The van der Waals surface area contributed by atoms with E-state index in [-0.39, 0.29) is 24.7 Å². The zero-order chi connectivity index (χ0) is 23.0. The third-order valence-corrected chi connectivity index (χ3v) is 6.46. The number of ether oxygens (including phenoxy) is 2. The van der Waals surface area contributed by atoms with Crippen LogP contribution in [0.1, 0.15) is 43.8 Å². The summed E-state index contributed by atoms with van der Waals surface area (Å²) < 4.78 is 11.2. The predicted molar refractivity (Wildman–Crippen MR) is 125 cm³/mol. The fraction of sp³-hybridized carbons (Fsp3) is 0.522. The van der Waals surface area contributed by atoms with E-state index >= 15 is 0 Å².